The van der Waals surface area contributed by atoms with Gasteiger partial charge in [0.15, 0.2) is 11.3 Å². The number of pyridine rings is 1. The summed E-state index contributed by atoms with van der Waals surface area (Å²) in [5.41, 5.74) is 0.662. The van der Waals surface area contributed by atoms with Gasteiger partial charge in [-0.05, 0) is 44.0 Å². The molecule has 1 aliphatic heterocycles. The lowest BCUT2D eigenvalue weighted by Crippen LogP contribution is -2.40. The Balaban J connectivity index is 1.78. The van der Waals surface area contributed by atoms with E-state index in [4.69, 9.17) is 0 Å². The molecule has 7 heteroatoms. The van der Waals surface area contributed by atoms with Crippen LogP contribution in [0.4, 0.5) is 0 Å². The van der Waals surface area contributed by atoms with Crippen LogP contribution in [-0.2, 0) is 6.54 Å². The molecule has 1 N–H and O–H groups in total. The normalized spacial score (nSPS) is 15.5. The van der Waals surface area contributed by atoms with Crippen molar-refractivity contribution >= 4 is 17.1 Å². The number of hydrogen-bond donors (Lipinski definition) is 1. The lowest BCUT2D eigenvalue weighted by Gasteiger charge is -2.26. The topological polar surface area (TPSA) is 80.1 Å². The van der Waals surface area contributed by atoms with Gasteiger partial charge in [0.2, 0.25) is 0 Å². The number of likely N-dealkylation sites (tertiary alicyclic amines) is 1. The molecule has 1 fully saturated rings. The van der Waals surface area contributed by atoms with Crippen molar-refractivity contribution in [3.63, 3.8) is 0 Å². The van der Waals surface area contributed by atoms with E-state index < -0.39 is 5.91 Å². The summed E-state index contributed by atoms with van der Waals surface area (Å²) in [6.07, 6.45) is 5.35. The minimum absolute atomic E-state index is 0.0511. The highest BCUT2D eigenvalue weighted by Crippen LogP contribution is 2.10. The van der Waals surface area contributed by atoms with Crippen molar-refractivity contribution in [2.75, 3.05) is 26.2 Å². The summed E-state index contributed by atoms with van der Waals surface area (Å²) in [7, 11) is 0. The predicted molar refractivity (Wildman–Crippen MR) is 101 cm³/mol. The molecule has 0 aromatic carbocycles. The minimum Gasteiger partial charge on any atom is -0.349 e. The summed E-state index contributed by atoms with van der Waals surface area (Å²) >= 11 is 0. The Bertz CT molecular complexity index is 824. The average Bonchev–Trinajstić information content (AvgIpc) is 2.64. The summed E-state index contributed by atoms with van der Waals surface area (Å²) in [5, 5.41) is 2.86. The number of aromatic nitrogens is 3. The summed E-state index contributed by atoms with van der Waals surface area (Å²) in [4.78, 5) is 36.3. The van der Waals surface area contributed by atoms with Crippen LogP contribution in [0.15, 0.2) is 23.1 Å². The van der Waals surface area contributed by atoms with Crippen molar-refractivity contribution in [1.82, 2.24) is 24.8 Å². The highest BCUT2D eigenvalue weighted by molar-refractivity contribution is 5.93. The van der Waals surface area contributed by atoms with Gasteiger partial charge in [0.1, 0.15) is 5.52 Å². The first-order valence-corrected chi connectivity index (χ1v) is 9.42. The van der Waals surface area contributed by atoms with E-state index in [1.165, 1.54) is 19.3 Å². The van der Waals surface area contributed by atoms with E-state index in [9.17, 15) is 9.59 Å². The quantitative estimate of drug-likeness (QED) is 0.850. The molecule has 3 rings (SSSR count). The molecule has 0 aliphatic carbocycles. The molecule has 7 nitrogen and oxygen atoms in total. The van der Waals surface area contributed by atoms with Gasteiger partial charge in [-0.2, -0.15) is 0 Å². The molecule has 0 spiro atoms. The van der Waals surface area contributed by atoms with Crippen LogP contribution in [0.3, 0.4) is 0 Å². The molecule has 3 heterocycles. The maximum Gasteiger partial charge on any atom is 0.283 e. The van der Waals surface area contributed by atoms with Gasteiger partial charge in [-0.1, -0.05) is 20.3 Å². The number of nitrogens with zero attached hydrogens (tertiary/aromatic N) is 4. The third-order valence-electron chi connectivity index (χ3n) is 4.63. The summed E-state index contributed by atoms with van der Waals surface area (Å²) < 4.78 is 1.56. The molecule has 140 valence electrons. The van der Waals surface area contributed by atoms with Crippen LogP contribution in [-0.4, -0.2) is 51.5 Å². The number of fused-ring (bicyclic) bond motifs is 1. The molecule has 0 atom stereocenters. The first kappa shape index (κ1) is 18.5. The van der Waals surface area contributed by atoms with Crippen molar-refractivity contribution in [3.05, 3.63) is 34.4 Å². The Kier molecular flexibility index (Phi) is 5.98. The summed E-state index contributed by atoms with van der Waals surface area (Å²) in [6, 6.07) is 3.54. The lowest BCUT2D eigenvalue weighted by atomic mass is 10.1. The van der Waals surface area contributed by atoms with Crippen molar-refractivity contribution in [2.45, 2.75) is 39.7 Å². The molecule has 2 aromatic heterocycles. The number of rotatable bonds is 6. The van der Waals surface area contributed by atoms with Crippen molar-refractivity contribution in [3.8, 4) is 0 Å². The first-order chi connectivity index (χ1) is 12.6. The molecule has 0 saturated carbocycles. The maximum atomic E-state index is 12.8. The second-order valence-corrected chi connectivity index (χ2v) is 7.27. The molecule has 0 bridgehead atoms. The van der Waals surface area contributed by atoms with Gasteiger partial charge in [-0.3, -0.25) is 14.2 Å². The van der Waals surface area contributed by atoms with E-state index >= 15 is 0 Å². The molecule has 0 unspecified atom stereocenters. The monoisotopic (exact) mass is 357 g/mol. The average molecular weight is 357 g/mol. The molecular weight excluding hydrogens is 330 g/mol. The van der Waals surface area contributed by atoms with Crippen LogP contribution in [0.25, 0.3) is 11.2 Å². The van der Waals surface area contributed by atoms with E-state index in [0.717, 1.165) is 19.6 Å². The van der Waals surface area contributed by atoms with Crippen LogP contribution in [0.5, 0.6) is 0 Å². The van der Waals surface area contributed by atoms with Crippen LogP contribution in [0.1, 0.15) is 43.6 Å². The van der Waals surface area contributed by atoms with E-state index in [-0.39, 0.29) is 17.2 Å². The Labute approximate surface area is 153 Å². The summed E-state index contributed by atoms with van der Waals surface area (Å²) in [6.45, 7) is 8.05. The van der Waals surface area contributed by atoms with E-state index in [1.54, 1.807) is 22.9 Å². The Morgan fingerprint density at radius 2 is 2.04 bits per heavy atom. The third kappa shape index (κ3) is 4.27. The highest BCUT2D eigenvalue weighted by Gasteiger charge is 2.19. The predicted octanol–water partition coefficient (Wildman–Crippen LogP) is 1.66. The fourth-order valence-electron chi connectivity index (χ4n) is 3.35. The number of piperidine rings is 1. The van der Waals surface area contributed by atoms with Crippen LogP contribution in [0.2, 0.25) is 0 Å². The Morgan fingerprint density at radius 1 is 1.27 bits per heavy atom. The largest absolute Gasteiger partial charge is 0.349 e. The number of carbonyl (C=O) groups excluding carboxylic acids is 1. The third-order valence-corrected chi connectivity index (χ3v) is 4.63. The van der Waals surface area contributed by atoms with Crippen LogP contribution < -0.4 is 10.9 Å². The van der Waals surface area contributed by atoms with Crippen LogP contribution >= 0.6 is 0 Å². The lowest BCUT2D eigenvalue weighted by molar-refractivity contribution is 0.0939. The van der Waals surface area contributed by atoms with Gasteiger partial charge in [-0.25, -0.2) is 9.97 Å². The van der Waals surface area contributed by atoms with Crippen molar-refractivity contribution in [2.24, 2.45) is 5.92 Å². The molecule has 1 amide bonds. The standard InChI is InChI=1S/C19H27N5O2/c1-14(2)13-24-17-15(7-6-8-20-17)22-16(19(24)26)18(25)21-9-12-23-10-4-3-5-11-23/h6-8,14H,3-5,9-13H2,1-2H3,(H,21,25). The Morgan fingerprint density at radius 3 is 2.77 bits per heavy atom. The van der Waals surface area contributed by atoms with Gasteiger partial charge in [0.25, 0.3) is 11.5 Å². The van der Waals surface area contributed by atoms with E-state index in [0.29, 0.717) is 24.3 Å². The van der Waals surface area contributed by atoms with Crippen molar-refractivity contribution in [1.29, 1.82) is 0 Å². The van der Waals surface area contributed by atoms with E-state index in [2.05, 4.69) is 20.2 Å². The molecule has 26 heavy (non-hydrogen) atoms. The van der Waals surface area contributed by atoms with Crippen molar-refractivity contribution < 1.29 is 4.79 Å². The fraction of sp³-hybridized carbons (Fsp3) is 0.579. The van der Waals surface area contributed by atoms with Gasteiger partial charge in [0.05, 0.1) is 0 Å². The Hall–Kier alpha value is -2.28. The zero-order chi connectivity index (χ0) is 18.5. The van der Waals surface area contributed by atoms with E-state index in [1.807, 2.05) is 13.8 Å². The van der Waals surface area contributed by atoms with Crippen LogP contribution in [0, 0.1) is 5.92 Å². The molecule has 1 saturated heterocycles. The number of amides is 1. The zero-order valence-corrected chi connectivity index (χ0v) is 15.6. The molecule has 1 aliphatic rings. The SMILES string of the molecule is CC(C)Cn1c(=O)c(C(=O)NCCN2CCCCC2)nc2cccnc21. The minimum atomic E-state index is -0.407. The highest BCUT2D eigenvalue weighted by atomic mass is 16.2. The maximum absolute atomic E-state index is 12.8. The first-order valence-electron chi connectivity index (χ1n) is 9.42. The molecule has 0 radical (unpaired) electrons. The van der Waals surface area contributed by atoms with Gasteiger partial charge in [0, 0.05) is 25.8 Å². The fourth-order valence-corrected chi connectivity index (χ4v) is 3.35. The second-order valence-electron chi connectivity index (χ2n) is 7.27. The summed E-state index contributed by atoms with van der Waals surface area (Å²) in [5.74, 6) is -0.148. The molecular formula is C19H27N5O2. The van der Waals surface area contributed by atoms with Gasteiger partial charge < -0.3 is 10.2 Å². The number of hydrogen-bond acceptors (Lipinski definition) is 5. The second kappa shape index (κ2) is 8.40. The van der Waals surface area contributed by atoms with Gasteiger partial charge in [-0.15, -0.1) is 0 Å². The number of carbonyl (C=O) groups is 1. The molecule has 2 aromatic rings. The number of nitrogens with one attached hydrogen (secondary N) is 1. The van der Waals surface area contributed by atoms with Gasteiger partial charge >= 0.3 is 0 Å². The zero-order valence-electron chi connectivity index (χ0n) is 15.6. The smallest absolute Gasteiger partial charge is 0.283 e.